The molecule has 0 aromatic carbocycles. The zero-order valence-electron chi connectivity index (χ0n) is 9.92. The second kappa shape index (κ2) is 5.58. The Labute approximate surface area is 94.7 Å². The molecule has 1 aromatic heterocycles. The van der Waals surface area contributed by atoms with Crippen LogP contribution in [0, 0.1) is 5.92 Å². The minimum atomic E-state index is -0.829. The lowest BCUT2D eigenvalue weighted by atomic mass is 10.1. The first-order chi connectivity index (χ1) is 7.56. The van der Waals surface area contributed by atoms with Crippen LogP contribution >= 0.6 is 0 Å². The van der Waals surface area contributed by atoms with Gasteiger partial charge in [0.1, 0.15) is 0 Å². The molecular formula is C10H18N4O2. The van der Waals surface area contributed by atoms with Crippen molar-refractivity contribution < 1.29 is 9.90 Å². The zero-order chi connectivity index (χ0) is 12.1. The van der Waals surface area contributed by atoms with E-state index in [9.17, 15) is 4.79 Å². The molecule has 0 aliphatic heterocycles. The molecule has 0 bridgehead atoms. The van der Waals surface area contributed by atoms with Crippen LogP contribution in [0.15, 0.2) is 0 Å². The van der Waals surface area contributed by atoms with Crippen molar-refractivity contribution in [2.45, 2.75) is 46.1 Å². The van der Waals surface area contributed by atoms with E-state index in [0.717, 1.165) is 18.7 Å². The summed E-state index contributed by atoms with van der Waals surface area (Å²) in [5.41, 5.74) is 0. The van der Waals surface area contributed by atoms with Crippen LogP contribution in [0.4, 0.5) is 0 Å². The summed E-state index contributed by atoms with van der Waals surface area (Å²) in [6, 6.07) is 0. The van der Waals surface area contributed by atoms with Gasteiger partial charge in [-0.1, -0.05) is 27.2 Å². The van der Waals surface area contributed by atoms with Crippen LogP contribution in [-0.2, 0) is 11.3 Å². The summed E-state index contributed by atoms with van der Waals surface area (Å²) in [6.07, 6.45) is 2.06. The second-order valence-electron chi connectivity index (χ2n) is 4.15. The molecule has 16 heavy (non-hydrogen) atoms. The lowest BCUT2D eigenvalue weighted by molar-refractivity contribution is -0.141. The highest BCUT2D eigenvalue weighted by atomic mass is 16.4. The standard InChI is InChI=1S/C10H18N4O2/c1-4-5-7(2)9-11-12-13-14(9)6-8(3)10(15)16/h7-8H,4-6H2,1-3H3,(H,15,16). The summed E-state index contributed by atoms with van der Waals surface area (Å²) in [7, 11) is 0. The van der Waals surface area contributed by atoms with Gasteiger partial charge in [0.05, 0.1) is 12.5 Å². The third-order valence-electron chi connectivity index (χ3n) is 2.59. The molecule has 0 saturated heterocycles. The second-order valence-corrected chi connectivity index (χ2v) is 4.15. The maximum absolute atomic E-state index is 10.8. The van der Waals surface area contributed by atoms with Crippen molar-refractivity contribution in [1.29, 1.82) is 0 Å². The Hall–Kier alpha value is -1.46. The Balaban J connectivity index is 2.74. The number of nitrogens with zero attached hydrogens (tertiary/aromatic N) is 4. The quantitative estimate of drug-likeness (QED) is 0.790. The van der Waals surface area contributed by atoms with Crippen LogP contribution in [0.5, 0.6) is 0 Å². The number of hydrogen-bond donors (Lipinski definition) is 1. The van der Waals surface area contributed by atoms with Gasteiger partial charge in [0, 0.05) is 5.92 Å². The SMILES string of the molecule is CCCC(C)c1nnnn1CC(C)C(=O)O. The van der Waals surface area contributed by atoms with Crippen molar-refractivity contribution in [3.05, 3.63) is 5.82 Å². The van der Waals surface area contributed by atoms with Gasteiger partial charge in [-0.2, -0.15) is 0 Å². The molecule has 0 spiro atoms. The van der Waals surface area contributed by atoms with Crippen molar-refractivity contribution in [2.24, 2.45) is 5.92 Å². The minimum absolute atomic E-state index is 0.265. The molecule has 2 atom stereocenters. The van der Waals surface area contributed by atoms with Gasteiger partial charge in [0.15, 0.2) is 5.82 Å². The summed E-state index contributed by atoms with van der Waals surface area (Å²) in [4.78, 5) is 10.8. The van der Waals surface area contributed by atoms with Gasteiger partial charge in [-0.05, 0) is 16.8 Å². The number of aliphatic carboxylic acids is 1. The highest BCUT2D eigenvalue weighted by molar-refractivity contribution is 5.69. The van der Waals surface area contributed by atoms with Crippen LogP contribution in [0.1, 0.15) is 45.4 Å². The monoisotopic (exact) mass is 226 g/mol. The summed E-state index contributed by atoms with van der Waals surface area (Å²) < 4.78 is 1.60. The maximum Gasteiger partial charge on any atom is 0.308 e. The zero-order valence-corrected chi connectivity index (χ0v) is 9.92. The molecule has 6 heteroatoms. The third-order valence-corrected chi connectivity index (χ3v) is 2.59. The fraction of sp³-hybridized carbons (Fsp3) is 0.800. The van der Waals surface area contributed by atoms with Crippen LogP contribution < -0.4 is 0 Å². The predicted molar refractivity (Wildman–Crippen MR) is 57.9 cm³/mol. The highest BCUT2D eigenvalue weighted by Gasteiger charge is 2.18. The van der Waals surface area contributed by atoms with Crippen molar-refractivity contribution >= 4 is 5.97 Å². The molecule has 90 valence electrons. The summed E-state index contributed by atoms with van der Waals surface area (Å²) in [5, 5.41) is 20.2. The molecule has 2 unspecified atom stereocenters. The summed E-state index contributed by atoms with van der Waals surface area (Å²) in [5.74, 6) is -0.267. The van der Waals surface area contributed by atoms with E-state index in [1.54, 1.807) is 11.6 Å². The van der Waals surface area contributed by atoms with Gasteiger partial charge >= 0.3 is 5.97 Å². The maximum atomic E-state index is 10.8. The molecule has 0 radical (unpaired) electrons. The molecule has 0 amide bonds. The highest BCUT2D eigenvalue weighted by Crippen LogP contribution is 2.17. The van der Waals surface area contributed by atoms with Crippen molar-refractivity contribution in [3.63, 3.8) is 0 Å². The average Bonchev–Trinajstić information content (AvgIpc) is 2.66. The smallest absolute Gasteiger partial charge is 0.308 e. The molecule has 1 N–H and O–H groups in total. The van der Waals surface area contributed by atoms with Gasteiger partial charge < -0.3 is 5.11 Å². The van der Waals surface area contributed by atoms with Gasteiger partial charge in [-0.3, -0.25) is 4.79 Å². The third kappa shape index (κ3) is 3.01. The van der Waals surface area contributed by atoms with E-state index in [0.29, 0.717) is 6.54 Å². The van der Waals surface area contributed by atoms with Crippen LogP contribution in [0.3, 0.4) is 0 Å². The fourth-order valence-corrected chi connectivity index (χ4v) is 1.59. The Bertz CT molecular complexity index is 350. The Kier molecular flexibility index (Phi) is 4.39. The molecule has 0 aliphatic rings. The molecule has 1 heterocycles. The van der Waals surface area contributed by atoms with E-state index in [4.69, 9.17) is 5.11 Å². The lowest BCUT2D eigenvalue weighted by Crippen LogP contribution is -2.20. The van der Waals surface area contributed by atoms with E-state index in [2.05, 4.69) is 29.4 Å². The first-order valence-corrected chi connectivity index (χ1v) is 5.55. The van der Waals surface area contributed by atoms with Crippen molar-refractivity contribution in [1.82, 2.24) is 20.2 Å². The van der Waals surface area contributed by atoms with E-state index in [1.165, 1.54) is 0 Å². The first kappa shape index (κ1) is 12.6. The number of rotatable bonds is 6. The number of carboxylic acid groups (broad SMARTS) is 1. The normalized spacial score (nSPS) is 14.7. The van der Waals surface area contributed by atoms with Gasteiger partial charge in [-0.25, -0.2) is 4.68 Å². The lowest BCUT2D eigenvalue weighted by Gasteiger charge is -2.11. The largest absolute Gasteiger partial charge is 0.481 e. The van der Waals surface area contributed by atoms with E-state index >= 15 is 0 Å². The number of tetrazole rings is 1. The summed E-state index contributed by atoms with van der Waals surface area (Å²) >= 11 is 0. The minimum Gasteiger partial charge on any atom is -0.481 e. The molecule has 0 saturated carbocycles. The van der Waals surface area contributed by atoms with E-state index < -0.39 is 11.9 Å². The first-order valence-electron chi connectivity index (χ1n) is 5.55. The van der Waals surface area contributed by atoms with E-state index in [1.807, 2.05) is 0 Å². The number of carbonyl (C=O) groups is 1. The molecule has 0 aliphatic carbocycles. The van der Waals surface area contributed by atoms with Crippen LogP contribution in [0.2, 0.25) is 0 Å². The van der Waals surface area contributed by atoms with Crippen molar-refractivity contribution in [3.8, 4) is 0 Å². The van der Waals surface area contributed by atoms with Gasteiger partial charge in [-0.15, -0.1) is 5.10 Å². The topological polar surface area (TPSA) is 80.9 Å². The Morgan fingerprint density at radius 2 is 2.19 bits per heavy atom. The van der Waals surface area contributed by atoms with Crippen LogP contribution in [-0.4, -0.2) is 31.3 Å². The van der Waals surface area contributed by atoms with Crippen LogP contribution in [0.25, 0.3) is 0 Å². The fourth-order valence-electron chi connectivity index (χ4n) is 1.59. The molecule has 0 fully saturated rings. The number of hydrogen-bond acceptors (Lipinski definition) is 4. The van der Waals surface area contributed by atoms with E-state index in [-0.39, 0.29) is 5.92 Å². The average molecular weight is 226 g/mol. The predicted octanol–water partition coefficient (Wildman–Crippen LogP) is 1.30. The Morgan fingerprint density at radius 1 is 1.50 bits per heavy atom. The van der Waals surface area contributed by atoms with Crippen molar-refractivity contribution in [2.75, 3.05) is 0 Å². The Morgan fingerprint density at radius 3 is 2.75 bits per heavy atom. The number of aromatic nitrogens is 4. The number of carboxylic acids is 1. The summed E-state index contributed by atoms with van der Waals surface area (Å²) in [6.45, 7) is 6.13. The van der Waals surface area contributed by atoms with Gasteiger partial charge in [0.2, 0.25) is 0 Å². The molecule has 1 aromatic rings. The molecule has 1 rings (SSSR count). The van der Waals surface area contributed by atoms with Gasteiger partial charge in [0.25, 0.3) is 0 Å². The molecular weight excluding hydrogens is 208 g/mol. The molecule has 6 nitrogen and oxygen atoms in total.